The Hall–Kier alpha value is -3.01. The first-order valence-corrected chi connectivity index (χ1v) is 16.5. The highest BCUT2D eigenvalue weighted by molar-refractivity contribution is 8.00. The van der Waals surface area contributed by atoms with Crippen molar-refractivity contribution >= 4 is 58.9 Å². The molecule has 0 saturated heterocycles. The van der Waals surface area contributed by atoms with Crippen molar-refractivity contribution in [1.29, 1.82) is 0 Å². The maximum atomic E-state index is 2.57. The van der Waals surface area contributed by atoms with Gasteiger partial charge in [0.2, 0.25) is 6.71 Å². The molecule has 0 spiro atoms. The van der Waals surface area contributed by atoms with E-state index in [1.807, 2.05) is 11.8 Å². The Morgan fingerprint density at radius 1 is 0.800 bits per heavy atom. The van der Waals surface area contributed by atoms with Crippen LogP contribution in [-0.4, -0.2) is 14.8 Å². The van der Waals surface area contributed by atoms with Gasteiger partial charge in [0.25, 0.3) is 0 Å². The summed E-state index contributed by atoms with van der Waals surface area (Å²) in [5.41, 5.74) is 10.3. The standard InChI is InChI=1S/C32H27BSSi/c1-35(2)29-20-12-10-18-27(29)33-26-17-9-11-19-28(26)34-31-24(22-13-5-3-6-14-22)21-25(32(35)30(31)33)23-15-7-4-8-16-23/h3-5,7-13,15-21H,6,14H2,1-2H3. The van der Waals surface area contributed by atoms with Crippen molar-refractivity contribution < 1.29 is 0 Å². The van der Waals surface area contributed by atoms with E-state index in [1.165, 1.54) is 43.0 Å². The van der Waals surface area contributed by atoms with Gasteiger partial charge >= 0.3 is 0 Å². The molecule has 0 saturated carbocycles. The lowest BCUT2D eigenvalue weighted by Gasteiger charge is -2.43. The summed E-state index contributed by atoms with van der Waals surface area (Å²) < 4.78 is 0. The molecule has 4 aromatic carbocycles. The Bertz CT molecular complexity index is 1550. The molecule has 0 unspecified atom stereocenters. The minimum Gasteiger partial charge on any atom is -0.0905 e. The molecule has 7 rings (SSSR count). The fourth-order valence-corrected chi connectivity index (χ4v) is 11.5. The van der Waals surface area contributed by atoms with Crippen LogP contribution in [0.3, 0.4) is 0 Å². The first kappa shape index (κ1) is 21.3. The third-order valence-corrected chi connectivity index (χ3v) is 12.9. The fourth-order valence-electron chi connectivity index (χ4n) is 6.51. The lowest BCUT2D eigenvalue weighted by Crippen LogP contribution is -2.78. The van der Waals surface area contributed by atoms with E-state index in [-0.39, 0.29) is 0 Å². The Balaban J connectivity index is 1.65. The predicted octanol–water partition coefficient (Wildman–Crippen LogP) is 5.20. The van der Waals surface area contributed by atoms with Crippen molar-refractivity contribution in [3.63, 3.8) is 0 Å². The summed E-state index contributed by atoms with van der Waals surface area (Å²) in [6.07, 6.45) is 9.13. The maximum Gasteiger partial charge on any atom is 0.243 e. The second-order valence-electron chi connectivity index (χ2n) is 10.4. The maximum absolute atomic E-state index is 2.57. The smallest absolute Gasteiger partial charge is 0.0905 e. The van der Waals surface area contributed by atoms with Gasteiger partial charge in [-0.15, -0.1) is 0 Å². The summed E-state index contributed by atoms with van der Waals surface area (Å²) in [6, 6.07) is 32.1. The zero-order valence-electron chi connectivity index (χ0n) is 20.2. The first-order valence-electron chi connectivity index (χ1n) is 12.6. The van der Waals surface area contributed by atoms with E-state index in [0.29, 0.717) is 6.71 Å². The van der Waals surface area contributed by atoms with Gasteiger partial charge in [-0.3, -0.25) is 0 Å². The number of rotatable bonds is 2. The van der Waals surface area contributed by atoms with Crippen LogP contribution in [0.4, 0.5) is 0 Å². The van der Waals surface area contributed by atoms with Crippen LogP contribution in [0, 0.1) is 0 Å². The second-order valence-corrected chi connectivity index (χ2v) is 15.7. The third kappa shape index (κ3) is 3.15. The van der Waals surface area contributed by atoms with Gasteiger partial charge in [-0.05, 0) is 47.2 Å². The molecule has 1 aliphatic carbocycles. The molecule has 0 nitrogen and oxygen atoms in total. The summed E-state index contributed by atoms with van der Waals surface area (Å²) in [6.45, 7) is 5.44. The molecule has 0 aromatic heterocycles. The van der Waals surface area contributed by atoms with Crippen LogP contribution >= 0.6 is 11.8 Å². The zero-order chi connectivity index (χ0) is 23.6. The normalized spacial score (nSPS) is 16.7. The number of allylic oxidation sites excluding steroid dienone is 4. The van der Waals surface area contributed by atoms with Gasteiger partial charge in [-0.25, -0.2) is 0 Å². The van der Waals surface area contributed by atoms with Crippen molar-refractivity contribution in [3.8, 4) is 11.1 Å². The van der Waals surface area contributed by atoms with Crippen LogP contribution in [-0.2, 0) is 0 Å². The average Bonchev–Trinajstić information content (AvgIpc) is 2.91. The number of benzene rings is 4. The van der Waals surface area contributed by atoms with Gasteiger partial charge in [0.15, 0.2) is 0 Å². The Kier molecular flexibility index (Phi) is 4.87. The Labute approximate surface area is 213 Å². The van der Waals surface area contributed by atoms with E-state index in [4.69, 9.17) is 0 Å². The Morgan fingerprint density at radius 2 is 1.54 bits per heavy atom. The van der Waals surface area contributed by atoms with Crippen molar-refractivity contribution in [2.45, 2.75) is 35.7 Å². The van der Waals surface area contributed by atoms with Crippen molar-refractivity contribution in [1.82, 2.24) is 0 Å². The van der Waals surface area contributed by atoms with Crippen LogP contribution in [0.2, 0.25) is 13.1 Å². The molecule has 4 aromatic rings. The second kappa shape index (κ2) is 8.01. The van der Waals surface area contributed by atoms with Crippen molar-refractivity contribution in [2.75, 3.05) is 0 Å². The number of hydrogen-bond acceptors (Lipinski definition) is 1. The summed E-state index contributed by atoms with van der Waals surface area (Å²) in [7, 11) is -1.96. The molecular formula is C32H27BSSi. The van der Waals surface area contributed by atoms with Gasteiger partial charge in [-0.2, -0.15) is 0 Å². The monoisotopic (exact) mass is 482 g/mol. The van der Waals surface area contributed by atoms with E-state index in [1.54, 1.807) is 15.8 Å². The fraction of sp³-hybridized carbons (Fsp3) is 0.125. The van der Waals surface area contributed by atoms with Crippen LogP contribution in [0.25, 0.3) is 16.7 Å². The highest BCUT2D eigenvalue weighted by Crippen LogP contribution is 2.40. The molecule has 0 radical (unpaired) electrons. The lowest BCUT2D eigenvalue weighted by molar-refractivity contribution is 1.05. The SMILES string of the molecule is C[Si]1(C)c2ccccc2B2c3ccccc3Sc3c(C4=CC=CCC4)cc(-c4ccccc4)c1c32. The van der Waals surface area contributed by atoms with E-state index >= 15 is 0 Å². The van der Waals surface area contributed by atoms with Crippen LogP contribution < -0.4 is 26.8 Å². The molecule has 0 amide bonds. The van der Waals surface area contributed by atoms with E-state index < -0.39 is 8.07 Å². The number of fused-ring (bicyclic) bond motifs is 4. The van der Waals surface area contributed by atoms with Crippen LogP contribution in [0.15, 0.2) is 113 Å². The molecule has 2 heterocycles. The molecule has 2 aliphatic heterocycles. The minimum absolute atomic E-state index is 0.302. The van der Waals surface area contributed by atoms with Crippen LogP contribution in [0.5, 0.6) is 0 Å². The topological polar surface area (TPSA) is 0 Å². The molecule has 3 heteroatoms. The van der Waals surface area contributed by atoms with E-state index in [9.17, 15) is 0 Å². The summed E-state index contributed by atoms with van der Waals surface area (Å²) in [5, 5.41) is 3.23. The Morgan fingerprint density at radius 3 is 2.34 bits per heavy atom. The largest absolute Gasteiger partial charge is 0.243 e. The van der Waals surface area contributed by atoms with Crippen molar-refractivity contribution in [2.24, 2.45) is 0 Å². The molecule has 0 fully saturated rings. The van der Waals surface area contributed by atoms with Gasteiger partial charge in [0.1, 0.15) is 8.07 Å². The lowest BCUT2D eigenvalue weighted by atomic mass is 9.36. The van der Waals surface area contributed by atoms with E-state index in [2.05, 4.69) is 116 Å². The molecule has 3 aliphatic rings. The average molecular weight is 483 g/mol. The number of hydrogen-bond donors (Lipinski definition) is 0. The molecule has 0 bridgehead atoms. The summed E-state index contributed by atoms with van der Waals surface area (Å²) >= 11 is 2.01. The van der Waals surface area contributed by atoms with Crippen LogP contribution in [0.1, 0.15) is 18.4 Å². The zero-order valence-corrected chi connectivity index (χ0v) is 22.0. The van der Waals surface area contributed by atoms with Gasteiger partial charge in [0.05, 0.1) is 0 Å². The van der Waals surface area contributed by atoms with E-state index in [0.717, 1.165) is 12.8 Å². The third-order valence-electron chi connectivity index (χ3n) is 8.06. The molecule has 0 atom stereocenters. The van der Waals surface area contributed by atoms with Gasteiger partial charge in [0, 0.05) is 9.79 Å². The highest BCUT2D eigenvalue weighted by Gasteiger charge is 2.47. The summed E-state index contributed by atoms with van der Waals surface area (Å²) in [5.74, 6) is 0. The predicted molar refractivity (Wildman–Crippen MR) is 157 cm³/mol. The van der Waals surface area contributed by atoms with Crippen molar-refractivity contribution in [3.05, 3.63) is 109 Å². The summed E-state index contributed by atoms with van der Waals surface area (Å²) in [4.78, 5) is 2.91. The first-order chi connectivity index (χ1) is 17.1. The quantitative estimate of drug-likeness (QED) is 0.312. The van der Waals surface area contributed by atoms with Gasteiger partial charge in [-0.1, -0.05) is 143 Å². The molecule has 0 N–H and O–H groups in total. The minimum atomic E-state index is -1.96. The van der Waals surface area contributed by atoms with Gasteiger partial charge < -0.3 is 0 Å². The molecular weight excluding hydrogens is 455 g/mol. The molecule has 35 heavy (non-hydrogen) atoms. The highest BCUT2D eigenvalue weighted by atomic mass is 32.2. The molecule has 168 valence electrons.